The lowest BCUT2D eigenvalue weighted by Gasteiger charge is -2.16. The van der Waals surface area contributed by atoms with Crippen LogP contribution in [0.5, 0.6) is 0 Å². The van der Waals surface area contributed by atoms with Crippen LogP contribution in [0.4, 0.5) is 22.0 Å². The van der Waals surface area contributed by atoms with Gasteiger partial charge in [0.05, 0.1) is 6.42 Å². The molecule has 0 radical (unpaired) electrons. The number of halogens is 7. The van der Waals surface area contributed by atoms with Gasteiger partial charge < -0.3 is 0 Å². The van der Waals surface area contributed by atoms with Gasteiger partial charge in [0, 0.05) is 0 Å². The van der Waals surface area contributed by atoms with Crippen LogP contribution < -0.4 is 0 Å². The van der Waals surface area contributed by atoms with Crippen molar-refractivity contribution < 1.29 is 22.0 Å². The van der Waals surface area contributed by atoms with Crippen LogP contribution in [0.25, 0.3) is 0 Å². The lowest BCUT2D eigenvalue weighted by molar-refractivity contribution is -0.142. The molecule has 68 valence electrons. The van der Waals surface area contributed by atoms with E-state index in [1.54, 1.807) is 0 Å². The maximum Gasteiger partial charge on any atom is 0.390 e. The van der Waals surface area contributed by atoms with E-state index >= 15 is 0 Å². The molecule has 7 heteroatoms. The highest BCUT2D eigenvalue weighted by Gasteiger charge is 2.43. The Labute approximate surface area is 69.3 Å². The molecule has 0 N–H and O–H groups in total. The summed E-state index contributed by atoms with van der Waals surface area (Å²) in [4.78, 5) is 0. The Hall–Kier alpha value is 0.230. The summed E-state index contributed by atoms with van der Waals surface area (Å²) in [5, 5.41) is -6.43. The van der Waals surface area contributed by atoms with E-state index in [9.17, 15) is 22.0 Å². The molecular weight excluding hydrogens is 214 g/mol. The van der Waals surface area contributed by atoms with Crippen molar-refractivity contribution in [2.45, 2.75) is 23.4 Å². The number of rotatable bonds is 2. The summed E-state index contributed by atoms with van der Waals surface area (Å²) in [7, 11) is 0. The van der Waals surface area contributed by atoms with Gasteiger partial charge in [0.15, 0.2) is 0 Å². The van der Waals surface area contributed by atoms with Crippen LogP contribution in [0.15, 0.2) is 0 Å². The van der Waals surface area contributed by atoms with Crippen LogP contribution in [-0.4, -0.2) is 16.9 Å². The fourth-order valence-corrected chi connectivity index (χ4v) is 0.571. The van der Waals surface area contributed by atoms with Crippen LogP contribution in [0.3, 0.4) is 0 Å². The molecule has 0 spiro atoms. The third-order valence-corrected chi connectivity index (χ3v) is 1.57. The van der Waals surface area contributed by atoms with E-state index in [-0.39, 0.29) is 0 Å². The molecule has 0 rings (SSSR count). The topological polar surface area (TPSA) is 0 Å². The van der Waals surface area contributed by atoms with Crippen LogP contribution in [0.1, 0.15) is 6.42 Å². The quantitative estimate of drug-likeness (QED) is 0.491. The molecule has 0 heterocycles. The van der Waals surface area contributed by atoms with Gasteiger partial charge in [0.2, 0.25) is 0 Å². The molecular formula is C4H3Cl2F5. The van der Waals surface area contributed by atoms with Crippen LogP contribution in [-0.2, 0) is 0 Å². The predicted molar refractivity (Wildman–Crippen MR) is 31.1 cm³/mol. The fraction of sp³-hybridized carbons (Fsp3) is 1.00. The van der Waals surface area contributed by atoms with Gasteiger partial charge >= 0.3 is 11.6 Å². The first-order chi connectivity index (χ1) is 4.63. The van der Waals surface area contributed by atoms with Gasteiger partial charge in [-0.15, -0.1) is 11.6 Å². The molecule has 0 aliphatic rings. The van der Waals surface area contributed by atoms with Crippen molar-refractivity contribution in [3.63, 3.8) is 0 Å². The molecule has 0 aromatic carbocycles. The number of hydrogen-bond donors (Lipinski definition) is 0. The van der Waals surface area contributed by atoms with Gasteiger partial charge in [-0.05, 0) is 11.6 Å². The molecule has 0 aromatic rings. The minimum atomic E-state index is -4.72. The summed E-state index contributed by atoms with van der Waals surface area (Å²) in [5.74, 6) is 0. The first-order valence-corrected chi connectivity index (χ1v) is 3.22. The first-order valence-electron chi connectivity index (χ1n) is 2.40. The lowest BCUT2D eigenvalue weighted by atomic mass is 10.3. The normalized spacial score (nSPS) is 16.6. The van der Waals surface area contributed by atoms with E-state index in [0.29, 0.717) is 0 Å². The molecule has 0 aliphatic heterocycles. The van der Waals surface area contributed by atoms with Crippen LogP contribution in [0, 0.1) is 0 Å². The molecule has 0 bridgehead atoms. The van der Waals surface area contributed by atoms with E-state index in [0.717, 1.165) is 0 Å². The SMILES string of the molecule is FC(F)(F)C[C@H](Cl)C(F)(F)Cl. The maximum absolute atomic E-state index is 11.8. The Kier molecular flexibility index (Phi) is 3.38. The smallest absolute Gasteiger partial charge is 0.187 e. The Balaban J connectivity index is 3.99. The molecule has 0 aliphatic carbocycles. The molecule has 0 aromatic heterocycles. The third kappa shape index (κ3) is 5.49. The molecule has 0 saturated carbocycles. The van der Waals surface area contributed by atoms with Gasteiger partial charge in [-0.2, -0.15) is 22.0 Å². The van der Waals surface area contributed by atoms with Crippen molar-refractivity contribution in [2.75, 3.05) is 0 Å². The molecule has 0 saturated heterocycles. The fourth-order valence-electron chi connectivity index (χ4n) is 0.319. The summed E-state index contributed by atoms with van der Waals surface area (Å²) >= 11 is 8.86. The monoisotopic (exact) mass is 216 g/mol. The van der Waals surface area contributed by atoms with E-state index in [4.69, 9.17) is 0 Å². The highest BCUT2D eigenvalue weighted by Crippen LogP contribution is 2.35. The number of hydrogen-bond acceptors (Lipinski definition) is 0. The maximum atomic E-state index is 11.8. The largest absolute Gasteiger partial charge is 0.390 e. The summed E-state index contributed by atoms with van der Waals surface area (Å²) < 4.78 is 57.6. The predicted octanol–water partition coefficient (Wildman–Crippen LogP) is 3.38. The summed E-state index contributed by atoms with van der Waals surface area (Å²) in [5.41, 5.74) is 0. The zero-order chi connectivity index (χ0) is 9.28. The Morgan fingerprint density at radius 2 is 1.45 bits per heavy atom. The minimum absolute atomic E-state index is 1.80. The average Bonchev–Trinajstić information content (AvgIpc) is 1.56. The standard InChI is InChI=1S/C4H3Cl2F5/c5-2(4(6,10)11)1-3(7,8)9/h2H,1H2/t2-/m0/s1. The Bertz CT molecular complexity index is 125. The molecule has 0 amide bonds. The second kappa shape index (κ2) is 3.31. The zero-order valence-corrected chi connectivity index (χ0v) is 6.44. The molecule has 1 atom stereocenters. The second-order valence-electron chi connectivity index (χ2n) is 1.83. The van der Waals surface area contributed by atoms with Gasteiger partial charge in [-0.1, -0.05) is 0 Å². The Morgan fingerprint density at radius 3 is 1.55 bits per heavy atom. The van der Waals surface area contributed by atoms with Crippen molar-refractivity contribution in [1.82, 2.24) is 0 Å². The van der Waals surface area contributed by atoms with Gasteiger partial charge in [-0.3, -0.25) is 0 Å². The lowest BCUT2D eigenvalue weighted by Crippen LogP contribution is -2.27. The minimum Gasteiger partial charge on any atom is -0.187 e. The van der Waals surface area contributed by atoms with E-state index in [2.05, 4.69) is 23.2 Å². The van der Waals surface area contributed by atoms with E-state index in [1.807, 2.05) is 0 Å². The van der Waals surface area contributed by atoms with Gasteiger partial charge in [0.25, 0.3) is 0 Å². The third-order valence-electron chi connectivity index (χ3n) is 0.766. The molecule has 0 fully saturated rings. The summed E-state index contributed by atoms with van der Waals surface area (Å²) in [6, 6.07) is 0. The molecule has 11 heavy (non-hydrogen) atoms. The highest BCUT2D eigenvalue weighted by atomic mass is 35.5. The van der Waals surface area contributed by atoms with E-state index in [1.165, 1.54) is 0 Å². The van der Waals surface area contributed by atoms with E-state index < -0.39 is 23.4 Å². The first kappa shape index (κ1) is 11.2. The van der Waals surface area contributed by atoms with Crippen molar-refractivity contribution in [1.29, 1.82) is 0 Å². The highest BCUT2D eigenvalue weighted by molar-refractivity contribution is 6.30. The molecule has 0 nitrogen and oxygen atoms in total. The Morgan fingerprint density at radius 1 is 1.09 bits per heavy atom. The van der Waals surface area contributed by atoms with Crippen LogP contribution in [0.2, 0.25) is 0 Å². The average molecular weight is 217 g/mol. The van der Waals surface area contributed by atoms with Gasteiger partial charge in [-0.25, -0.2) is 0 Å². The summed E-state index contributed by atoms with van der Waals surface area (Å²) in [6.45, 7) is 0. The van der Waals surface area contributed by atoms with Crippen molar-refractivity contribution in [3.05, 3.63) is 0 Å². The van der Waals surface area contributed by atoms with Crippen molar-refractivity contribution in [2.24, 2.45) is 0 Å². The zero-order valence-electron chi connectivity index (χ0n) is 4.93. The van der Waals surface area contributed by atoms with Crippen molar-refractivity contribution >= 4 is 23.2 Å². The summed E-state index contributed by atoms with van der Waals surface area (Å²) in [6.07, 6.45) is -6.52. The van der Waals surface area contributed by atoms with Crippen molar-refractivity contribution in [3.8, 4) is 0 Å². The van der Waals surface area contributed by atoms with Crippen LogP contribution >= 0.6 is 23.2 Å². The van der Waals surface area contributed by atoms with Gasteiger partial charge in [0.1, 0.15) is 5.38 Å². The number of alkyl halides is 7. The molecule has 0 unspecified atom stereocenters. The second-order valence-corrected chi connectivity index (χ2v) is 2.86.